The molecule has 0 aliphatic rings. The molecular weight excluding hydrogens is 328 g/mol. The van der Waals surface area contributed by atoms with Gasteiger partial charge in [-0.1, -0.05) is 11.6 Å². The number of benzene rings is 1. The molecule has 0 aliphatic heterocycles. The van der Waals surface area contributed by atoms with Crippen molar-refractivity contribution in [1.82, 2.24) is 9.97 Å². The summed E-state index contributed by atoms with van der Waals surface area (Å²) in [6.45, 7) is 0. The van der Waals surface area contributed by atoms with Crippen molar-refractivity contribution in [3.05, 3.63) is 58.4 Å². The van der Waals surface area contributed by atoms with Crippen LogP contribution in [-0.2, 0) is 0 Å². The minimum Gasteiger partial charge on any atom is -0.453 e. The van der Waals surface area contributed by atoms with Crippen LogP contribution in [-0.4, -0.2) is 9.97 Å². The van der Waals surface area contributed by atoms with E-state index in [0.29, 0.717) is 16.5 Å². The molecular formula is C14H8BrClN2O. The van der Waals surface area contributed by atoms with Crippen LogP contribution in [0.1, 0.15) is 0 Å². The third-order valence-electron chi connectivity index (χ3n) is 2.59. The molecule has 0 bridgehead atoms. The second-order valence-electron chi connectivity index (χ2n) is 3.89. The summed E-state index contributed by atoms with van der Waals surface area (Å²) >= 11 is 9.50. The third kappa shape index (κ3) is 2.55. The monoisotopic (exact) mass is 334 g/mol. The first kappa shape index (κ1) is 12.4. The molecule has 0 fully saturated rings. The number of nitrogens with zero attached hydrogens (tertiary/aromatic N) is 2. The van der Waals surface area contributed by atoms with E-state index in [4.69, 9.17) is 16.3 Å². The highest BCUT2D eigenvalue weighted by atomic mass is 79.9. The Labute approximate surface area is 123 Å². The van der Waals surface area contributed by atoms with E-state index in [1.54, 1.807) is 30.7 Å². The maximum atomic E-state index is 6.14. The molecule has 3 aromatic rings. The molecule has 0 spiro atoms. The molecule has 3 nitrogen and oxygen atoms in total. The lowest BCUT2D eigenvalue weighted by Gasteiger charge is -2.09. The fourth-order valence-electron chi connectivity index (χ4n) is 1.77. The Morgan fingerprint density at radius 2 is 2.05 bits per heavy atom. The van der Waals surface area contributed by atoms with E-state index in [1.165, 1.54) is 0 Å². The summed E-state index contributed by atoms with van der Waals surface area (Å²) in [6.07, 6.45) is 5.06. The van der Waals surface area contributed by atoms with Crippen LogP contribution in [0.3, 0.4) is 0 Å². The Balaban J connectivity index is 2.09. The average molecular weight is 336 g/mol. The minimum atomic E-state index is 0.642. The predicted octanol–water partition coefficient (Wildman–Crippen LogP) is 4.84. The smallest absolute Gasteiger partial charge is 0.153 e. The largest absolute Gasteiger partial charge is 0.453 e. The Kier molecular flexibility index (Phi) is 3.36. The van der Waals surface area contributed by atoms with Crippen molar-refractivity contribution in [3.8, 4) is 11.5 Å². The molecule has 0 unspecified atom stereocenters. The molecule has 0 aliphatic carbocycles. The van der Waals surface area contributed by atoms with E-state index in [0.717, 1.165) is 15.4 Å². The van der Waals surface area contributed by atoms with Crippen molar-refractivity contribution in [3.63, 3.8) is 0 Å². The van der Waals surface area contributed by atoms with Crippen LogP contribution in [0.2, 0.25) is 5.02 Å². The van der Waals surface area contributed by atoms with E-state index in [1.807, 2.05) is 18.2 Å². The minimum absolute atomic E-state index is 0.642. The van der Waals surface area contributed by atoms with E-state index >= 15 is 0 Å². The van der Waals surface area contributed by atoms with Gasteiger partial charge in [0.15, 0.2) is 5.75 Å². The van der Waals surface area contributed by atoms with Crippen molar-refractivity contribution in [2.24, 2.45) is 0 Å². The van der Waals surface area contributed by atoms with Gasteiger partial charge in [-0.15, -0.1) is 0 Å². The number of hydrogen-bond acceptors (Lipinski definition) is 3. The van der Waals surface area contributed by atoms with Crippen molar-refractivity contribution < 1.29 is 4.74 Å². The van der Waals surface area contributed by atoms with Crippen molar-refractivity contribution in [1.29, 1.82) is 0 Å². The number of ether oxygens (including phenoxy) is 1. The van der Waals surface area contributed by atoms with Gasteiger partial charge in [-0.05, 0) is 46.3 Å². The fourth-order valence-corrected chi connectivity index (χ4v) is 2.33. The summed E-state index contributed by atoms with van der Waals surface area (Å²) in [4.78, 5) is 8.38. The summed E-state index contributed by atoms with van der Waals surface area (Å²) in [6, 6.07) is 9.20. The molecule has 2 aromatic heterocycles. The molecule has 2 heterocycles. The fraction of sp³-hybridized carbons (Fsp3) is 0. The van der Waals surface area contributed by atoms with Gasteiger partial charge in [0.25, 0.3) is 0 Å². The van der Waals surface area contributed by atoms with Crippen LogP contribution in [0.25, 0.3) is 10.9 Å². The Morgan fingerprint density at radius 1 is 1.16 bits per heavy atom. The lowest BCUT2D eigenvalue weighted by molar-refractivity contribution is 0.484. The summed E-state index contributed by atoms with van der Waals surface area (Å²) in [5, 5.41) is 1.52. The Bertz CT molecular complexity index is 748. The van der Waals surface area contributed by atoms with E-state index in [2.05, 4.69) is 25.9 Å². The van der Waals surface area contributed by atoms with Crippen LogP contribution in [0.15, 0.2) is 53.4 Å². The van der Waals surface area contributed by atoms with Gasteiger partial charge in [0.05, 0.1) is 11.2 Å². The molecule has 0 radical (unpaired) electrons. The normalized spacial score (nSPS) is 10.6. The van der Waals surface area contributed by atoms with Gasteiger partial charge in [0.1, 0.15) is 11.3 Å². The standard InChI is InChI=1S/C14H8BrClN2O/c15-9-6-10(8-17-7-9)19-13-4-3-12(16)11-2-1-5-18-14(11)13/h1-8H. The number of halogens is 2. The predicted molar refractivity (Wildman–Crippen MR) is 78.8 cm³/mol. The van der Waals surface area contributed by atoms with E-state index < -0.39 is 0 Å². The summed E-state index contributed by atoms with van der Waals surface area (Å²) in [5.74, 6) is 1.29. The van der Waals surface area contributed by atoms with Crippen molar-refractivity contribution in [2.45, 2.75) is 0 Å². The van der Waals surface area contributed by atoms with Gasteiger partial charge in [0.2, 0.25) is 0 Å². The molecule has 0 saturated carbocycles. The maximum absolute atomic E-state index is 6.14. The Hall–Kier alpha value is -1.65. The number of pyridine rings is 2. The van der Waals surface area contributed by atoms with Gasteiger partial charge < -0.3 is 4.74 Å². The van der Waals surface area contributed by atoms with E-state index in [9.17, 15) is 0 Å². The maximum Gasteiger partial charge on any atom is 0.153 e. The van der Waals surface area contributed by atoms with Crippen molar-refractivity contribution in [2.75, 3.05) is 0 Å². The number of hydrogen-bond donors (Lipinski definition) is 0. The quantitative estimate of drug-likeness (QED) is 0.672. The highest BCUT2D eigenvalue weighted by Crippen LogP contribution is 2.32. The van der Waals surface area contributed by atoms with Crippen LogP contribution in [0.4, 0.5) is 0 Å². The van der Waals surface area contributed by atoms with Gasteiger partial charge in [0, 0.05) is 22.3 Å². The van der Waals surface area contributed by atoms with Crippen LogP contribution in [0.5, 0.6) is 11.5 Å². The Morgan fingerprint density at radius 3 is 2.89 bits per heavy atom. The number of fused-ring (bicyclic) bond motifs is 1. The molecule has 19 heavy (non-hydrogen) atoms. The van der Waals surface area contributed by atoms with Crippen LogP contribution in [0, 0.1) is 0 Å². The molecule has 0 atom stereocenters. The van der Waals surface area contributed by atoms with Crippen molar-refractivity contribution >= 4 is 38.4 Å². The number of rotatable bonds is 2. The first-order chi connectivity index (χ1) is 9.24. The van der Waals surface area contributed by atoms with Crippen LogP contribution >= 0.6 is 27.5 Å². The highest BCUT2D eigenvalue weighted by Gasteiger charge is 2.08. The summed E-state index contributed by atoms with van der Waals surface area (Å²) < 4.78 is 6.67. The summed E-state index contributed by atoms with van der Waals surface area (Å²) in [7, 11) is 0. The second-order valence-corrected chi connectivity index (χ2v) is 5.21. The van der Waals surface area contributed by atoms with Crippen LogP contribution < -0.4 is 4.74 Å². The lowest BCUT2D eigenvalue weighted by Crippen LogP contribution is -1.89. The molecule has 0 saturated heterocycles. The third-order valence-corrected chi connectivity index (χ3v) is 3.35. The first-order valence-electron chi connectivity index (χ1n) is 5.56. The average Bonchev–Trinajstić information content (AvgIpc) is 2.42. The van der Waals surface area contributed by atoms with Gasteiger partial charge in [-0.3, -0.25) is 9.97 Å². The van der Waals surface area contributed by atoms with Gasteiger partial charge >= 0.3 is 0 Å². The zero-order valence-corrected chi connectivity index (χ0v) is 12.0. The zero-order chi connectivity index (χ0) is 13.2. The zero-order valence-electron chi connectivity index (χ0n) is 9.68. The molecule has 0 N–H and O–H groups in total. The number of aromatic nitrogens is 2. The molecule has 5 heteroatoms. The molecule has 0 amide bonds. The topological polar surface area (TPSA) is 35.0 Å². The van der Waals surface area contributed by atoms with Gasteiger partial charge in [-0.2, -0.15) is 0 Å². The summed E-state index contributed by atoms with van der Waals surface area (Å²) in [5.41, 5.74) is 0.731. The highest BCUT2D eigenvalue weighted by molar-refractivity contribution is 9.10. The second kappa shape index (κ2) is 5.15. The molecule has 94 valence electrons. The van der Waals surface area contributed by atoms with Gasteiger partial charge in [-0.25, -0.2) is 0 Å². The van der Waals surface area contributed by atoms with E-state index in [-0.39, 0.29) is 0 Å². The SMILES string of the molecule is Clc1ccc(Oc2cncc(Br)c2)c2ncccc12. The molecule has 1 aromatic carbocycles. The lowest BCUT2D eigenvalue weighted by atomic mass is 10.2. The molecule has 3 rings (SSSR count). The first-order valence-corrected chi connectivity index (χ1v) is 6.73.